The molecule has 0 fully saturated rings. The molecular weight excluding hydrogens is 517 g/mol. The van der Waals surface area contributed by atoms with Crippen molar-refractivity contribution >= 4 is 45.9 Å². The van der Waals surface area contributed by atoms with Crippen molar-refractivity contribution < 1.29 is 13.2 Å². The van der Waals surface area contributed by atoms with Gasteiger partial charge in [-0.25, -0.2) is 18.1 Å². The molecule has 0 unspecified atom stereocenters. The number of nitrogens with zero attached hydrogens (tertiary/aromatic N) is 1. The van der Waals surface area contributed by atoms with Crippen molar-refractivity contribution in [3.05, 3.63) is 35.4 Å². The van der Waals surface area contributed by atoms with Crippen LogP contribution >= 0.6 is 24.0 Å². The molecule has 1 amide bonds. The minimum Gasteiger partial charge on any atom is -0.357 e. The molecule has 0 saturated heterocycles. The van der Waals surface area contributed by atoms with E-state index in [1.54, 1.807) is 19.9 Å². The smallest absolute Gasteiger partial charge is 0.239 e. The summed E-state index contributed by atoms with van der Waals surface area (Å²) in [5.74, 6) is 0.262. The summed E-state index contributed by atoms with van der Waals surface area (Å²) >= 11 is 0. The lowest BCUT2D eigenvalue weighted by molar-refractivity contribution is -0.121. The fourth-order valence-corrected chi connectivity index (χ4v) is 4.08. The molecule has 0 spiro atoms. The van der Waals surface area contributed by atoms with E-state index in [1.807, 2.05) is 45.9 Å². The molecule has 0 radical (unpaired) electrons. The normalized spacial score (nSPS) is 12.3. The van der Waals surface area contributed by atoms with Gasteiger partial charge in [-0.3, -0.25) is 4.79 Å². The average molecular weight is 554 g/mol. The summed E-state index contributed by atoms with van der Waals surface area (Å²) < 4.78 is 27.2. The summed E-state index contributed by atoms with van der Waals surface area (Å²) in [6.45, 7) is 12.3. The van der Waals surface area contributed by atoms with Gasteiger partial charge in [-0.15, -0.1) is 24.0 Å². The predicted octanol–water partition coefficient (Wildman–Crippen LogP) is 2.10. The van der Waals surface area contributed by atoms with Crippen molar-refractivity contribution in [3.8, 4) is 0 Å². The summed E-state index contributed by atoms with van der Waals surface area (Å²) in [6.07, 6.45) is 0. The van der Waals surface area contributed by atoms with Crippen molar-refractivity contribution in [2.24, 2.45) is 4.99 Å². The lowest BCUT2D eigenvalue weighted by atomic mass is 10.1. The summed E-state index contributed by atoms with van der Waals surface area (Å²) in [4.78, 5) is 16.5. The van der Waals surface area contributed by atoms with E-state index in [2.05, 4.69) is 25.7 Å². The SMILES string of the molecule is CCNC(=NCc1ccccc1CS(=O)(=O)NC(C)C)NCC(=O)NC(C)(C)C.I. The van der Waals surface area contributed by atoms with Gasteiger partial charge in [-0.2, -0.15) is 0 Å². The van der Waals surface area contributed by atoms with Gasteiger partial charge in [0, 0.05) is 18.1 Å². The van der Waals surface area contributed by atoms with Crippen LogP contribution in [-0.2, 0) is 27.1 Å². The Morgan fingerprint density at radius 1 is 1.10 bits per heavy atom. The van der Waals surface area contributed by atoms with Crippen LogP contribution in [0.1, 0.15) is 52.7 Å². The molecule has 1 aromatic carbocycles. The number of guanidine groups is 1. The number of halogens is 1. The molecule has 10 heteroatoms. The number of rotatable bonds is 9. The van der Waals surface area contributed by atoms with Crippen LogP contribution in [0, 0.1) is 0 Å². The van der Waals surface area contributed by atoms with E-state index in [-0.39, 0.29) is 53.8 Å². The Balaban J connectivity index is 0.00000841. The average Bonchev–Trinajstić information content (AvgIpc) is 2.55. The quantitative estimate of drug-likeness (QED) is 0.213. The highest BCUT2D eigenvalue weighted by Gasteiger charge is 2.16. The fourth-order valence-electron chi connectivity index (χ4n) is 2.59. The second-order valence-electron chi connectivity index (χ2n) is 8.15. The monoisotopic (exact) mass is 553 g/mol. The zero-order valence-corrected chi connectivity index (χ0v) is 21.9. The minimum atomic E-state index is -3.43. The highest BCUT2D eigenvalue weighted by atomic mass is 127. The van der Waals surface area contributed by atoms with E-state index >= 15 is 0 Å². The van der Waals surface area contributed by atoms with Crippen molar-refractivity contribution in [3.63, 3.8) is 0 Å². The lowest BCUT2D eigenvalue weighted by Gasteiger charge is -2.21. The number of carbonyl (C=O) groups is 1. The Morgan fingerprint density at radius 3 is 2.23 bits per heavy atom. The van der Waals surface area contributed by atoms with Gasteiger partial charge in [0.05, 0.1) is 18.8 Å². The zero-order valence-electron chi connectivity index (χ0n) is 18.7. The van der Waals surface area contributed by atoms with Crippen LogP contribution in [0.3, 0.4) is 0 Å². The Hall–Kier alpha value is -1.40. The van der Waals surface area contributed by atoms with Crippen molar-refractivity contribution in [2.75, 3.05) is 13.1 Å². The first-order valence-corrected chi connectivity index (χ1v) is 11.5. The molecule has 0 aliphatic rings. The Bertz CT molecular complexity index is 805. The molecule has 0 aliphatic heterocycles. The van der Waals surface area contributed by atoms with E-state index in [0.29, 0.717) is 24.6 Å². The van der Waals surface area contributed by atoms with Crippen LogP contribution in [0.25, 0.3) is 0 Å². The Morgan fingerprint density at radius 2 is 1.70 bits per heavy atom. The van der Waals surface area contributed by atoms with E-state index < -0.39 is 10.0 Å². The summed E-state index contributed by atoms with van der Waals surface area (Å²) in [7, 11) is -3.43. The van der Waals surface area contributed by atoms with E-state index in [4.69, 9.17) is 0 Å². The topological polar surface area (TPSA) is 112 Å². The molecule has 0 atom stereocenters. The third-order valence-electron chi connectivity index (χ3n) is 3.56. The summed E-state index contributed by atoms with van der Waals surface area (Å²) in [6, 6.07) is 7.16. The molecule has 4 N–H and O–H groups in total. The van der Waals surface area contributed by atoms with Crippen LogP contribution in [0.15, 0.2) is 29.3 Å². The van der Waals surface area contributed by atoms with Crippen LogP contribution in [0.2, 0.25) is 0 Å². The van der Waals surface area contributed by atoms with Gasteiger partial charge < -0.3 is 16.0 Å². The molecular formula is C20H36IN5O3S. The molecule has 0 aliphatic carbocycles. The van der Waals surface area contributed by atoms with Crippen LogP contribution in [0.5, 0.6) is 0 Å². The number of sulfonamides is 1. The molecule has 8 nitrogen and oxygen atoms in total. The van der Waals surface area contributed by atoms with Gasteiger partial charge in [0.1, 0.15) is 0 Å². The molecule has 1 rings (SSSR count). The lowest BCUT2D eigenvalue weighted by Crippen LogP contribution is -2.48. The van der Waals surface area contributed by atoms with Gasteiger partial charge >= 0.3 is 0 Å². The number of amides is 1. The maximum atomic E-state index is 12.3. The van der Waals surface area contributed by atoms with E-state index in [0.717, 1.165) is 5.56 Å². The first-order chi connectivity index (χ1) is 13.4. The maximum Gasteiger partial charge on any atom is 0.239 e. The number of benzene rings is 1. The Kier molecular flexibility index (Phi) is 12.5. The standard InChI is InChI=1S/C20H35N5O3S.HI/c1-7-21-19(23-13-18(26)24-20(4,5)6)22-12-16-10-8-9-11-17(16)14-29(27,28)25-15(2)3;/h8-11,15,25H,7,12-14H2,1-6H3,(H,24,26)(H2,21,22,23);1H. The first-order valence-electron chi connectivity index (χ1n) is 9.82. The van der Waals surface area contributed by atoms with Gasteiger partial charge in [0.15, 0.2) is 5.96 Å². The second kappa shape index (κ2) is 13.1. The largest absolute Gasteiger partial charge is 0.357 e. The molecule has 0 heterocycles. The third kappa shape index (κ3) is 12.3. The molecule has 0 saturated carbocycles. The van der Waals surface area contributed by atoms with Gasteiger partial charge in [-0.05, 0) is 52.7 Å². The highest BCUT2D eigenvalue weighted by Crippen LogP contribution is 2.13. The summed E-state index contributed by atoms with van der Waals surface area (Å²) in [5, 5.41) is 8.98. The zero-order chi connectivity index (χ0) is 22.1. The molecule has 0 bridgehead atoms. The van der Waals surface area contributed by atoms with Gasteiger partial charge in [-0.1, -0.05) is 24.3 Å². The molecule has 0 aromatic heterocycles. The number of hydrogen-bond donors (Lipinski definition) is 4. The third-order valence-corrected chi connectivity index (χ3v) is 5.08. The van der Waals surface area contributed by atoms with Gasteiger partial charge in [0.25, 0.3) is 0 Å². The summed E-state index contributed by atoms with van der Waals surface area (Å²) in [5.41, 5.74) is 1.21. The van der Waals surface area contributed by atoms with Crippen LogP contribution < -0.4 is 20.7 Å². The number of nitrogens with one attached hydrogen (secondary N) is 4. The predicted molar refractivity (Wildman–Crippen MR) is 133 cm³/mol. The molecule has 30 heavy (non-hydrogen) atoms. The van der Waals surface area contributed by atoms with E-state index in [1.165, 1.54) is 0 Å². The van der Waals surface area contributed by atoms with Crippen molar-refractivity contribution in [1.82, 2.24) is 20.7 Å². The number of hydrogen-bond acceptors (Lipinski definition) is 4. The maximum absolute atomic E-state index is 12.3. The van der Waals surface area contributed by atoms with Crippen molar-refractivity contribution in [2.45, 2.75) is 65.4 Å². The minimum absolute atomic E-state index is 0. The second-order valence-corrected chi connectivity index (χ2v) is 9.90. The van der Waals surface area contributed by atoms with Crippen molar-refractivity contribution in [1.29, 1.82) is 0 Å². The van der Waals surface area contributed by atoms with Crippen LogP contribution in [0.4, 0.5) is 0 Å². The molecule has 1 aromatic rings. The van der Waals surface area contributed by atoms with E-state index in [9.17, 15) is 13.2 Å². The fraction of sp³-hybridized carbons (Fsp3) is 0.600. The Labute approximate surface area is 198 Å². The number of aliphatic imine (C=N–C) groups is 1. The highest BCUT2D eigenvalue weighted by molar-refractivity contribution is 14.0. The molecule has 172 valence electrons. The van der Waals surface area contributed by atoms with Gasteiger partial charge in [0.2, 0.25) is 15.9 Å². The number of carbonyl (C=O) groups excluding carboxylic acids is 1. The first kappa shape index (κ1) is 28.6. The van der Waals surface area contributed by atoms with Crippen LogP contribution in [-0.4, -0.2) is 45.0 Å².